The van der Waals surface area contributed by atoms with Gasteiger partial charge in [-0.15, -0.1) is 0 Å². The first kappa shape index (κ1) is 18.0. The Kier molecular flexibility index (Phi) is 5.93. The van der Waals surface area contributed by atoms with Crippen molar-refractivity contribution >= 4 is 23.5 Å². The fourth-order valence-electron chi connectivity index (χ4n) is 2.87. The van der Waals surface area contributed by atoms with Gasteiger partial charge in [0.1, 0.15) is 19.8 Å². The number of likely N-dealkylation sites (tertiary alicyclic amines) is 1. The van der Waals surface area contributed by atoms with Gasteiger partial charge in [0.2, 0.25) is 5.91 Å². The Labute approximate surface area is 151 Å². The third kappa shape index (κ3) is 4.87. The van der Waals surface area contributed by atoms with Gasteiger partial charge in [0.25, 0.3) is 5.91 Å². The molecule has 1 fully saturated rings. The largest absolute Gasteiger partial charge is 0.486 e. The molecule has 2 amide bonds. The molecule has 2 aliphatic rings. The highest BCUT2D eigenvalue weighted by Crippen LogP contribution is 2.32. The molecule has 0 unspecified atom stereocenters. The summed E-state index contributed by atoms with van der Waals surface area (Å²) in [5, 5.41) is 2.64. The molecule has 1 saturated heterocycles. The predicted molar refractivity (Wildman–Crippen MR) is 92.1 cm³/mol. The fourth-order valence-corrected chi connectivity index (χ4v) is 2.87. The molecule has 0 spiro atoms. The minimum Gasteiger partial charge on any atom is -0.486 e. The Hall–Kier alpha value is -2.77. The number of ether oxygens (including phenoxy) is 3. The van der Waals surface area contributed by atoms with Gasteiger partial charge in [-0.05, 0) is 25.0 Å². The summed E-state index contributed by atoms with van der Waals surface area (Å²) in [6, 6.07) is 5.05. The lowest BCUT2D eigenvalue weighted by atomic mass is 10.2. The monoisotopic (exact) mass is 362 g/mol. The van der Waals surface area contributed by atoms with Crippen molar-refractivity contribution < 1.29 is 28.6 Å². The van der Waals surface area contributed by atoms with Gasteiger partial charge in [-0.2, -0.15) is 0 Å². The molecule has 140 valence electrons. The number of hydrogen-bond donors (Lipinski definition) is 1. The van der Waals surface area contributed by atoms with Crippen LogP contribution in [0.15, 0.2) is 18.2 Å². The Balaban J connectivity index is 1.44. The molecule has 1 N–H and O–H groups in total. The molecule has 0 radical (unpaired) electrons. The van der Waals surface area contributed by atoms with E-state index in [1.807, 2.05) is 0 Å². The van der Waals surface area contributed by atoms with Crippen LogP contribution in [0.5, 0.6) is 11.5 Å². The normalized spacial score (nSPS) is 16.6. The van der Waals surface area contributed by atoms with E-state index >= 15 is 0 Å². The maximum Gasteiger partial charge on any atom is 0.326 e. The van der Waals surface area contributed by atoms with Crippen LogP contribution in [-0.4, -0.2) is 55.6 Å². The van der Waals surface area contributed by atoms with Crippen LogP contribution in [0.4, 0.5) is 5.69 Å². The summed E-state index contributed by atoms with van der Waals surface area (Å²) in [6.07, 6.45) is 3.17. The molecular weight excluding hydrogens is 340 g/mol. The molecule has 1 aromatic rings. The summed E-state index contributed by atoms with van der Waals surface area (Å²) in [6.45, 7) is 0.980. The fraction of sp³-hybridized carbons (Fsp3) is 0.500. The second-order valence-corrected chi connectivity index (χ2v) is 6.19. The van der Waals surface area contributed by atoms with Gasteiger partial charge in [0.15, 0.2) is 18.1 Å². The molecule has 1 aromatic carbocycles. The van der Waals surface area contributed by atoms with Crippen LogP contribution in [0, 0.1) is 0 Å². The highest BCUT2D eigenvalue weighted by Gasteiger charge is 2.20. The third-order valence-corrected chi connectivity index (χ3v) is 4.18. The highest BCUT2D eigenvalue weighted by molar-refractivity contribution is 5.93. The average Bonchev–Trinajstić information content (AvgIpc) is 2.84. The number of esters is 1. The molecule has 0 aromatic heterocycles. The van der Waals surface area contributed by atoms with Crippen molar-refractivity contribution in [2.75, 3.05) is 38.2 Å². The minimum atomic E-state index is -0.586. The van der Waals surface area contributed by atoms with Gasteiger partial charge < -0.3 is 24.4 Å². The van der Waals surface area contributed by atoms with Crippen molar-refractivity contribution in [2.45, 2.75) is 25.7 Å². The van der Waals surface area contributed by atoms with Crippen molar-refractivity contribution in [3.63, 3.8) is 0 Å². The van der Waals surface area contributed by atoms with E-state index in [1.54, 1.807) is 18.2 Å². The first-order chi connectivity index (χ1) is 12.6. The molecule has 0 atom stereocenters. The van der Waals surface area contributed by atoms with Crippen LogP contribution < -0.4 is 14.8 Å². The number of carbonyl (C=O) groups excluding carboxylic acids is 3. The number of nitrogens with zero attached hydrogens (tertiary/aromatic N) is 1. The smallest absolute Gasteiger partial charge is 0.326 e. The Morgan fingerprint density at radius 1 is 1.12 bits per heavy atom. The maximum atomic E-state index is 12.0. The van der Waals surface area contributed by atoms with Crippen molar-refractivity contribution in [1.29, 1.82) is 0 Å². The number of anilines is 1. The molecule has 2 aliphatic heterocycles. The highest BCUT2D eigenvalue weighted by atomic mass is 16.6. The lowest BCUT2D eigenvalue weighted by molar-refractivity contribution is -0.151. The number of amides is 2. The van der Waals surface area contributed by atoms with Gasteiger partial charge in [-0.1, -0.05) is 6.42 Å². The van der Waals surface area contributed by atoms with Gasteiger partial charge >= 0.3 is 5.97 Å². The molecule has 8 nitrogen and oxygen atoms in total. The number of nitrogens with one attached hydrogen (secondary N) is 1. The number of benzene rings is 1. The van der Waals surface area contributed by atoms with Crippen molar-refractivity contribution in [3.8, 4) is 11.5 Å². The SMILES string of the molecule is O=C(COC(=O)CN1CCCCCC1=O)Nc1ccc2c(c1)OCCO2. The molecule has 0 bridgehead atoms. The Morgan fingerprint density at radius 3 is 2.77 bits per heavy atom. The zero-order valence-corrected chi connectivity index (χ0v) is 14.5. The first-order valence-electron chi connectivity index (χ1n) is 8.75. The van der Waals surface area contributed by atoms with E-state index in [4.69, 9.17) is 14.2 Å². The molecule has 0 aliphatic carbocycles. The van der Waals surface area contributed by atoms with Gasteiger partial charge in [-0.25, -0.2) is 0 Å². The summed E-state index contributed by atoms with van der Waals surface area (Å²) in [5.74, 6) is 0.100. The van der Waals surface area contributed by atoms with Gasteiger partial charge in [0.05, 0.1) is 0 Å². The van der Waals surface area contributed by atoms with Crippen molar-refractivity contribution in [1.82, 2.24) is 4.90 Å². The van der Waals surface area contributed by atoms with Crippen LogP contribution in [0.1, 0.15) is 25.7 Å². The molecule has 0 saturated carbocycles. The first-order valence-corrected chi connectivity index (χ1v) is 8.75. The average molecular weight is 362 g/mol. The molecule has 3 rings (SSSR count). The van der Waals surface area contributed by atoms with Gasteiger partial charge in [-0.3, -0.25) is 14.4 Å². The minimum absolute atomic E-state index is 0.0415. The quantitative estimate of drug-likeness (QED) is 0.795. The lowest BCUT2D eigenvalue weighted by Crippen LogP contribution is -2.36. The van der Waals surface area contributed by atoms with E-state index < -0.39 is 18.5 Å². The summed E-state index contributed by atoms with van der Waals surface area (Å²) >= 11 is 0. The molecule has 8 heteroatoms. The van der Waals surface area contributed by atoms with Crippen LogP contribution in [-0.2, 0) is 19.1 Å². The zero-order chi connectivity index (χ0) is 18.4. The van der Waals surface area contributed by atoms with E-state index in [2.05, 4.69) is 5.32 Å². The zero-order valence-electron chi connectivity index (χ0n) is 14.5. The van der Waals surface area contributed by atoms with Crippen molar-refractivity contribution in [3.05, 3.63) is 18.2 Å². The van der Waals surface area contributed by atoms with Crippen LogP contribution in [0.25, 0.3) is 0 Å². The van der Waals surface area contributed by atoms with Crippen LogP contribution >= 0.6 is 0 Å². The Morgan fingerprint density at radius 2 is 1.92 bits per heavy atom. The number of fused-ring (bicyclic) bond motifs is 1. The number of rotatable bonds is 5. The number of hydrogen-bond acceptors (Lipinski definition) is 6. The lowest BCUT2D eigenvalue weighted by Gasteiger charge is -2.19. The van der Waals surface area contributed by atoms with E-state index in [-0.39, 0.29) is 12.5 Å². The molecule has 26 heavy (non-hydrogen) atoms. The van der Waals surface area contributed by atoms with Crippen molar-refractivity contribution in [2.24, 2.45) is 0 Å². The summed E-state index contributed by atoms with van der Waals surface area (Å²) in [4.78, 5) is 37.2. The second kappa shape index (κ2) is 8.55. The summed E-state index contributed by atoms with van der Waals surface area (Å²) in [7, 11) is 0. The third-order valence-electron chi connectivity index (χ3n) is 4.18. The maximum absolute atomic E-state index is 12.0. The standard InChI is InChI=1S/C18H22N2O6/c21-16(19-13-5-6-14-15(10-13)25-9-8-24-14)12-26-18(23)11-20-7-3-1-2-4-17(20)22/h5-6,10H,1-4,7-9,11-12H2,(H,19,21). The van der Waals surface area contributed by atoms with Crippen LogP contribution in [0.2, 0.25) is 0 Å². The van der Waals surface area contributed by atoms with Gasteiger partial charge in [0, 0.05) is 24.7 Å². The molecule has 2 heterocycles. The molecular formula is C18H22N2O6. The topological polar surface area (TPSA) is 94.2 Å². The predicted octanol–water partition coefficient (Wildman–Crippen LogP) is 1.34. The van der Waals surface area contributed by atoms with Crippen LogP contribution in [0.3, 0.4) is 0 Å². The summed E-state index contributed by atoms with van der Waals surface area (Å²) < 4.78 is 15.8. The second-order valence-electron chi connectivity index (χ2n) is 6.19. The summed E-state index contributed by atoms with van der Waals surface area (Å²) in [5.41, 5.74) is 0.526. The van der Waals surface area contributed by atoms with E-state index in [1.165, 1.54) is 4.90 Å². The van der Waals surface area contributed by atoms with E-state index in [0.717, 1.165) is 19.3 Å². The number of carbonyl (C=O) groups is 3. The van der Waals surface area contributed by atoms with E-state index in [9.17, 15) is 14.4 Å². The Bertz CT molecular complexity index is 690. The van der Waals surface area contributed by atoms with E-state index in [0.29, 0.717) is 43.4 Å².